The molecule has 7 nitrogen and oxygen atoms in total. The summed E-state index contributed by atoms with van der Waals surface area (Å²) in [6, 6.07) is 0. The van der Waals surface area contributed by atoms with Gasteiger partial charge >= 0.3 is 12.1 Å². The highest BCUT2D eigenvalue weighted by molar-refractivity contribution is 5.84. The van der Waals surface area contributed by atoms with Crippen molar-refractivity contribution in [2.75, 3.05) is 19.8 Å². The van der Waals surface area contributed by atoms with Crippen molar-refractivity contribution >= 4 is 12.1 Å². The molecule has 0 spiro atoms. The summed E-state index contributed by atoms with van der Waals surface area (Å²) in [6.07, 6.45) is 0.522. The van der Waals surface area contributed by atoms with Crippen LogP contribution in [0.25, 0.3) is 0 Å². The van der Waals surface area contributed by atoms with E-state index in [1.807, 2.05) is 0 Å². The van der Waals surface area contributed by atoms with Gasteiger partial charge in [-0.2, -0.15) is 0 Å². The van der Waals surface area contributed by atoms with Crippen LogP contribution in [-0.2, 0) is 19.0 Å². The molecular formula is C11H17NO6. The molecule has 0 unspecified atom stereocenters. The van der Waals surface area contributed by atoms with Gasteiger partial charge < -0.3 is 24.6 Å². The summed E-state index contributed by atoms with van der Waals surface area (Å²) < 4.78 is 15.2. The number of hydrogen-bond donors (Lipinski definition) is 2. The van der Waals surface area contributed by atoms with Gasteiger partial charge in [0.1, 0.15) is 6.61 Å². The molecule has 1 heterocycles. The lowest BCUT2D eigenvalue weighted by atomic mass is 10.0. The van der Waals surface area contributed by atoms with E-state index in [0.29, 0.717) is 0 Å². The first-order valence-electron chi connectivity index (χ1n) is 5.38. The second-order valence-corrected chi connectivity index (χ2v) is 4.38. The predicted molar refractivity (Wildman–Crippen MR) is 61.0 cm³/mol. The molecule has 2 N–H and O–H groups in total. The quantitative estimate of drug-likeness (QED) is 0.714. The van der Waals surface area contributed by atoms with E-state index in [9.17, 15) is 14.7 Å². The molecule has 102 valence electrons. The number of carboxylic acid groups (broad SMARTS) is 1. The Labute approximate surface area is 105 Å². The fraction of sp³-hybridized carbons (Fsp3) is 0.636. The third-order valence-electron chi connectivity index (χ3n) is 2.42. The molecule has 0 aromatic heterocycles. The van der Waals surface area contributed by atoms with E-state index in [1.165, 1.54) is 6.08 Å². The molecule has 7 heteroatoms. The van der Waals surface area contributed by atoms with Crippen LogP contribution in [0.15, 0.2) is 12.7 Å². The third kappa shape index (κ3) is 3.44. The van der Waals surface area contributed by atoms with Gasteiger partial charge in [-0.05, 0) is 13.8 Å². The smallest absolute Gasteiger partial charge is 0.408 e. The lowest BCUT2D eigenvalue weighted by molar-refractivity contribution is -0.269. The van der Waals surface area contributed by atoms with Crippen LogP contribution in [0.2, 0.25) is 0 Å². The maximum absolute atomic E-state index is 11.4. The van der Waals surface area contributed by atoms with Crippen molar-refractivity contribution in [1.29, 1.82) is 0 Å². The number of alkyl carbamates (subject to hydrolysis) is 1. The van der Waals surface area contributed by atoms with E-state index < -0.39 is 23.4 Å². The monoisotopic (exact) mass is 259 g/mol. The van der Waals surface area contributed by atoms with Crippen LogP contribution in [0.4, 0.5) is 4.79 Å². The number of rotatable bonds is 4. The van der Waals surface area contributed by atoms with Crippen LogP contribution in [0.5, 0.6) is 0 Å². The first-order chi connectivity index (χ1) is 8.31. The SMILES string of the molecule is C=CCOC(=O)NC1(C(=O)O)COC(C)(C)OC1. The van der Waals surface area contributed by atoms with Crippen molar-refractivity contribution in [3.63, 3.8) is 0 Å². The van der Waals surface area contributed by atoms with Crippen LogP contribution in [-0.4, -0.2) is 48.3 Å². The Kier molecular flexibility index (Phi) is 4.31. The Morgan fingerprint density at radius 2 is 2.00 bits per heavy atom. The average Bonchev–Trinajstić information content (AvgIpc) is 2.29. The molecule has 0 aromatic carbocycles. The average molecular weight is 259 g/mol. The van der Waals surface area contributed by atoms with Gasteiger partial charge in [0.25, 0.3) is 0 Å². The summed E-state index contributed by atoms with van der Waals surface area (Å²) in [4.78, 5) is 22.6. The summed E-state index contributed by atoms with van der Waals surface area (Å²) in [5.74, 6) is -2.11. The predicted octanol–water partition coefficient (Wildman–Crippen LogP) is 0.505. The van der Waals surface area contributed by atoms with Gasteiger partial charge in [-0.15, -0.1) is 0 Å². The number of hydrogen-bond acceptors (Lipinski definition) is 5. The van der Waals surface area contributed by atoms with E-state index in [-0.39, 0.29) is 19.8 Å². The van der Waals surface area contributed by atoms with Gasteiger partial charge in [0.05, 0.1) is 13.2 Å². The zero-order valence-electron chi connectivity index (χ0n) is 10.4. The lowest BCUT2D eigenvalue weighted by Gasteiger charge is -2.40. The molecule has 0 atom stereocenters. The molecule has 1 amide bonds. The molecule has 1 fully saturated rings. The van der Waals surface area contributed by atoms with Gasteiger partial charge in [-0.1, -0.05) is 12.7 Å². The van der Waals surface area contributed by atoms with E-state index >= 15 is 0 Å². The Morgan fingerprint density at radius 3 is 2.44 bits per heavy atom. The molecular weight excluding hydrogens is 242 g/mol. The third-order valence-corrected chi connectivity index (χ3v) is 2.42. The topological polar surface area (TPSA) is 94.1 Å². The van der Waals surface area contributed by atoms with E-state index in [2.05, 4.69) is 16.6 Å². The van der Waals surface area contributed by atoms with Crippen LogP contribution < -0.4 is 5.32 Å². The highest BCUT2D eigenvalue weighted by atomic mass is 16.7. The minimum Gasteiger partial charge on any atom is -0.479 e. The maximum Gasteiger partial charge on any atom is 0.408 e. The van der Waals surface area contributed by atoms with Gasteiger partial charge in [-0.25, -0.2) is 9.59 Å². The van der Waals surface area contributed by atoms with E-state index in [1.54, 1.807) is 13.8 Å². The van der Waals surface area contributed by atoms with Gasteiger partial charge in [-0.3, -0.25) is 0 Å². The van der Waals surface area contributed by atoms with Crippen molar-refractivity contribution in [2.24, 2.45) is 0 Å². The van der Waals surface area contributed by atoms with Crippen molar-refractivity contribution in [3.05, 3.63) is 12.7 Å². The molecule has 1 rings (SSSR count). The van der Waals surface area contributed by atoms with Crippen molar-refractivity contribution in [2.45, 2.75) is 25.2 Å². The number of ether oxygens (including phenoxy) is 3. The molecule has 18 heavy (non-hydrogen) atoms. The molecule has 0 aliphatic carbocycles. The summed E-state index contributed by atoms with van der Waals surface area (Å²) >= 11 is 0. The Balaban J connectivity index is 2.68. The molecule has 0 radical (unpaired) electrons. The number of amides is 1. The second kappa shape index (κ2) is 5.36. The number of carboxylic acids is 1. The second-order valence-electron chi connectivity index (χ2n) is 4.38. The van der Waals surface area contributed by atoms with Crippen LogP contribution in [0, 0.1) is 0 Å². The minimum atomic E-state index is -1.63. The zero-order chi connectivity index (χ0) is 13.8. The van der Waals surface area contributed by atoms with Crippen molar-refractivity contribution in [3.8, 4) is 0 Å². The normalized spacial score (nSPS) is 20.8. The summed E-state index contributed by atoms with van der Waals surface area (Å²) in [6.45, 7) is 6.31. The lowest BCUT2D eigenvalue weighted by Crippen LogP contribution is -2.65. The Hall–Kier alpha value is -1.60. The molecule has 1 aliphatic rings. The standard InChI is InChI=1S/C11H17NO6/c1-4-5-16-9(15)12-11(8(13)14)6-17-10(2,3)18-7-11/h4H,1,5-7H2,2-3H3,(H,12,15)(H,13,14). The largest absolute Gasteiger partial charge is 0.479 e. The number of carbonyl (C=O) groups is 2. The van der Waals surface area contributed by atoms with E-state index in [4.69, 9.17) is 9.47 Å². The first kappa shape index (κ1) is 14.5. The Bertz CT molecular complexity index is 341. The molecule has 0 aromatic rings. The van der Waals surface area contributed by atoms with Gasteiger partial charge in [0.2, 0.25) is 0 Å². The molecule has 0 bridgehead atoms. The van der Waals surface area contributed by atoms with Gasteiger partial charge in [0.15, 0.2) is 11.3 Å². The van der Waals surface area contributed by atoms with Crippen LogP contribution in [0.3, 0.4) is 0 Å². The van der Waals surface area contributed by atoms with E-state index in [0.717, 1.165) is 0 Å². The van der Waals surface area contributed by atoms with Crippen LogP contribution >= 0.6 is 0 Å². The van der Waals surface area contributed by atoms with Crippen molar-refractivity contribution < 1.29 is 28.9 Å². The summed E-state index contributed by atoms with van der Waals surface area (Å²) in [5.41, 5.74) is -1.63. The zero-order valence-corrected chi connectivity index (χ0v) is 10.4. The molecule has 0 saturated carbocycles. The fourth-order valence-electron chi connectivity index (χ4n) is 1.29. The Morgan fingerprint density at radius 1 is 1.44 bits per heavy atom. The fourth-order valence-corrected chi connectivity index (χ4v) is 1.29. The first-order valence-corrected chi connectivity index (χ1v) is 5.38. The summed E-state index contributed by atoms with van der Waals surface area (Å²) in [7, 11) is 0. The number of aliphatic carboxylic acids is 1. The van der Waals surface area contributed by atoms with Crippen LogP contribution in [0.1, 0.15) is 13.8 Å². The molecule has 1 saturated heterocycles. The number of carbonyl (C=O) groups excluding carboxylic acids is 1. The number of nitrogens with one attached hydrogen (secondary N) is 1. The molecule has 1 aliphatic heterocycles. The van der Waals surface area contributed by atoms with Gasteiger partial charge in [0, 0.05) is 0 Å². The highest BCUT2D eigenvalue weighted by Gasteiger charge is 2.47. The highest BCUT2D eigenvalue weighted by Crippen LogP contribution is 2.23. The van der Waals surface area contributed by atoms with Crippen molar-refractivity contribution in [1.82, 2.24) is 5.32 Å². The summed E-state index contributed by atoms with van der Waals surface area (Å²) in [5, 5.41) is 11.4. The minimum absolute atomic E-state index is 0.00522. The maximum atomic E-state index is 11.4.